The molecular formula is C28H30Cl2N2O. The second-order valence-electron chi connectivity index (χ2n) is 8.72. The predicted octanol–water partition coefficient (Wildman–Crippen LogP) is 6.64. The lowest BCUT2D eigenvalue weighted by atomic mass is 9.71. The fourth-order valence-electron chi connectivity index (χ4n) is 4.89. The number of likely N-dealkylation sites (tertiary alicyclic amines) is 1. The van der Waals surface area contributed by atoms with Gasteiger partial charge in [0, 0.05) is 16.6 Å². The summed E-state index contributed by atoms with van der Waals surface area (Å²) < 4.78 is 0. The van der Waals surface area contributed by atoms with Crippen molar-refractivity contribution in [1.82, 2.24) is 10.2 Å². The van der Waals surface area contributed by atoms with Crippen LogP contribution in [0.3, 0.4) is 0 Å². The Labute approximate surface area is 206 Å². The van der Waals surface area contributed by atoms with E-state index in [4.69, 9.17) is 23.2 Å². The van der Waals surface area contributed by atoms with Crippen molar-refractivity contribution < 1.29 is 4.79 Å². The average molecular weight is 481 g/mol. The van der Waals surface area contributed by atoms with Crippen LogP contribution in [0.4, 0.5) is 0 Å². The van der Waals surface area contributed by atoms with E-state index in [0.717, 1.165) is 36.3 Å². The van der Waals surface area contributed by atoms with Crippen LogP contribution in [-0.2, 0) is 10.2 Å². The minimum Gasteiger partial charge on any atom is -0.347 e. The molecule has 33 heavy (non-hydrogen) atoms. The number of amides is 1. The minimum atomic E-state index is -0.854. The van der Waals surface area contributed by atoms with Crippen LogP contribution >= 0.6 is 23.2 Å². The first-order valence-electron chi connectivity index (χ1n) is 11.6. The first-order chi connectivity index (χ1) is 16.0. The van der Waals surface area contributed by atoms with Gasteiger partial charge in [-0.3, -0.25) is 4.79 Å². The molecule has 1 atom stereocenters. The van der Waals surface area contributed by atoms with Crippen LogP contribution in [0.2, 0.25) is 10.0 Å². The van der Waals surface area contributed by atoms with Crippen molar-refractivity contribution in [3.05, 3.63) is 106 Å². The molecule has 3 aromatic carbocycles. The molecule has 0 aromatic heterocycles. The predicted molar refractivity (Wildman–Crippen MR) is 137 cm³/mol. The highest BCUT2D eigenvalue weighted by Gasteiger charge is 2.41. The van der Waals surface area contributed by atoms with E-state index in [9.17, 15) is 4.79 Å². The summed E-state index contributed by atoms with van der Waals surface area (Å²) in [7, 11) is 0. The fourth-order valence-corrected chi connectivity index (χ4v) is 5.14. The van der Waals surface area contributed by atoms with Gasteiger partial charge in [0.2, 0.25) is 5.91 Å². The lowest BCUT2D eigenvalue weighted by Crippen LogP contribution is -2.48. The van der Waals surface area contributed by atoms with E-state index in [2.05, 4.69) is 29.3 Å². The van der Waals surface area contributed by atoms with Crippen molar-refractivity contribution in [2.24, 2.45) is 0 Å². The second-order valence-corrected chi connectivity index (χ2v) is 9.59. The second kappa shape index (κ2) is 10.7. The molecule has 0 spiro atoms. The smallest absolute Gasteiger partial charge is 0.235 e. The van der Waals surface area contributed by atoms with Crippen molar-refractivity contribution in [2.75, 3.05) is 19.6 Å². The Morgan fingerprint density at radius 2 is 1.39 bits per heavy atom. The Morgan fingerprint density at radius 1 is 0.879 bits per heavy atom. The molecule has 1 saturated heterocycles. The molecule has 3 nitrogen and oxygen atoms in total. The van der Waals surface area contributed by atoms with Crippen molar-refractivity contribution in [1.29, 1.82) is 0 Å². The third kappa shape index (κ3) is 5.27. The lowest BCUT2D eigenvalue weighted by Gasteiger charge is -2.35. The summed E-state index contributed by atoms with van der Waals surface area (Å²) in [6.07, 6.45) is 3.03. The average Bonchev–Trinajstić information content (AvgIpc) is 3.35. The standard InChI is InChI=1S/C28H30Cl2N2O/c1-2-28(22-10-14-24(29)15-11-22,23-12-16-25(30)17-13-23)27(33)31-26(20-32-18-6-7-19-32)21-8-4-3-5-9-21/h3-5,8-17,26H,2,6-7,18-20H2,1H3,(H,31,33)/t26-/m1/s1. The first-order valence-corrected chi connectivity index (χ1v) is 12.4. The number of hydrogen-bond donors (Lipinski definition) is 1. The molecule has 1 aliphatic rings. The minimum absolute atomic E-state index is 0.0114. The molecule has 3 aromatic rings. The number of benzene rings is 3. The van der Waals surface area contributed by atoms with Gasteiger partial charge in [-0.1, -0.05) is 84.7 Å². The van der Waals surface area contributed by atoms with Gasteiger partial charge in [-0.15, -0.1) is 0 Å². The van der Waals surface area contributed by atoms with Gasteiger partial charge in [-0.2, -0.15) is 0 Å². The van der Waals surface area contributed by atoms with Gasteiger partial charge in [0.15, 0.2) is 0 Å². The number of hydrogen-bond acceptors (Lipinski definition) is 2. The monoisotopic (exact) mass is 480 g/mol. The summed E-state index contributed by atoms with van der Waals surface area (Å²) in [5.41, 5.74) is 2.10. The topological polar surface area (TPSA) is 32.3 Å². The summed E-state index contributed by atoms with van der Waals surface area (Å²) in [6, 6.07) is 25.4. The maximum atomic E-state index is 14.2. The Balaban J connectivity index is 1.74. The summed E-state index contributed by atoms with van der Waals surface area (Å²) in [5, 5.41) is 4.73. The number of nitrogens with zero attached hydrogens (tertiary/aromatic N) is 1. The number of rotatable bonds is 8. The molecule has 1 heterocycles. The van der Waals surface area contributed by atoms with Crippen molar-refractivity contribution >= 4 is 29.1 Å². The zero-order valence-electron chi connectivity index (χ0n) is 18.9. The number of nitrogens with one attached hydrogen (secondary N) is 1. The first kappa shape index (κ1) is 23.8. The van der Waals surface area contributed by atoms with E-state index in [1.165, 1.54) is 12.8 Å². The highest BCUT2D eigenvalue weighted by Crippen LogP contribution is 2.38. The molecule has 4 rings (SSSR count). The molecule has 0 unspecified atom stereocenters. The maximum Gasteiger partial charge on any atom is 0.235 e. The van der Waals surface area contributed by atoms with Gasteiger partial charge in [-0.05, 0) is 73.3 Å². The zero-order chi connectivity index (χ0) is 23.3. The van der Waals surface area contributed by atoms with Gasteiger partial charge >= 0.3 is 0 Å². The SMILES string of the molecule is CCC(C(=O)N[C@H](CN1CCCC1)c1ccccc1)(c1ccc(Cl)cc1)c1ccc(Cl)cc1. The summed E-state index contributed by atoms with van der Waals surface area (Å²) in [5.74, 6) is -0.0114. The molecule has 0 aliphatic carbocycles. The quantitative estimate of drug-likeness (QED) is 0.391. The van der Waals surface area contributed by atoms with Gasteiger partial charge in [-0.25, -0.2) is 0 Å². The van der Waals surface area contributed by atoms with Crippen LogP contribution in [-0.4, -0.2) is 30.4 Å². The Bertz CT molecular complexity index is 1000. The van der Waals surface area contributed by atoms with E-state index < -0.39 is 5.41 Å². The Kier molecular flexibility index (Phi) is 7.75. The summed E-state index contributed by atoms with van der Waals surface area (Å²) >= 11 is 12.4. The van der Waals surface area contributed by atoms with E-state index >= 15 is 0 Å². The van der Waals surface area contributed by atoms with Crippen molar-refractivity contribution in [2.45, 2.75) is 37.6 Å². The van der Waals surface area contributed by atoms with Gasteiger partial charge in [0.1, 0.15) is 0 Å². The van der Waals surface area contributed by atoms with Crippen molar-refractivity contribution in [3.8, 4) is 0 Å². The van der Waals surface area contributed by atoms with E-state index in [1.807, 2.05) is 66.7 Å². The van der Waals surface area contributed by atoms with E-state index in [0.29, 0.717) is 16.5 Å². The number of halogens is 2. The molecule has 5 heteroatoms. The molecule has 1 amide bonds. The summed E-state index contributed by atoms with van der Waals surface area (Å²) in [6.45, 7) is 5.01. The third-order valence-electron chi connectivity index (χ3n) is 6.74. The van der Waals surface area contributed by atoms with Gasteiger partial charge < -0.3 is 10.2 Å². The van der Waals surface area contributed by atoms with Crippen molar-refractivity contribution in [3.63, 3.8) is 0 Å². The molecule has 0 radical (unpaired) electrons. The van der Waals surface area contributed by atoms with Crippen LogP contribution in [0, 0.1) is 0 Å². The van der Waals surface area contributed by atoms with Crippen LogP contribution in [0.1, 0.15) is 48.9 Å². The Hall–Kier alpha value is -2.33. The van der Waals surface area contributed by atoms with Crippen LogP contribution in [0.25, 0.3) is 0 Å². The zero-order valence-corrected chi connectivity index (χ0v) is 20.4. The number of carbonyl (C=O) groups excluding carboxylic acids is 1. The van der Waals surface area contributed by atoms with Crippen LogP contribution in [0.15, 0.2) is 78.9 Å². The molecule has 1 fully saturated rings. The van der Waals surface area contributed by atoms with Gasteiger partial charge in [0.25, 0.3) is 0 Å². The molecule has 172 valence electrons. The van der Waals surface area contributed by atoms with E-state index in [-0.39, 0.29) is 11.9 Å². The maximum absolute atomic E-state index is 14.2. The highest BCUT2D eigenvalue weighted by molar-refractivity contribution is 6.30. The summed E-state index contributed by atoms with van der Waals surface area (Å²) in [4.78, 5) is 16.7. The normalized spacial score (nSPS) is 15.4. The third-order valence-corrected chi connectivity index (χ3v) is 7.24. The fraction of sp³-hybridized carbons (Fsp3) is 0.321. The number of carbonyl (C=O) groups is 1. The lowest BCUT2D eigenvalue weighted by molar-refractivity contribution is -0.126. The van der Waals surface area contributed by atoms with Crippen LogP contribution < -0.4 is 5.32 Å². The highest BCUT2D eigenvalue weighted by atomic mass is 35.5. The molecule has 0 bridgehead atoms. The molecular weight excluding hydrogens is 451 g/mol. The van der Waals surface area contributed by atoms with E-state index in [1.54, 1.807) is 0 Å². The molecule has 1 N–H and O–H groups in total. The molecule has 0 saturated carbocycles. The van der Waals surface area contributed by atoms with Crippen LogP contribution in [0.5, 0.6) is 0 Å². The Morgan fingerprint density at radius 3 is 1.88 bits per heavy atom. The largest absolute Gasteiger partial charge is 0.347 e. The molecule has 1 aliphatic heterocycles. The van der Waals surface area contributed by atoms with Gasteiger partial charge in [0.05, 0.1) is 11.5 Å².